The molecule has 0 saturated heterocycles. The highest BCUT2D eigenvalue weighted by molar-refractivity contribution is 5.95. The first kappa shape index (κ1) is 18.3. The van der Waals surface area contributed by atoms with E-state index in [4.69, 9.17) is 9.84 Å². The van der Waals surface area contributed by atoms with Crippen molar-refractivity contribution in [1.29, 1.82) is 0 Å². The number of ether oxygens (including phenoxy) is 1. The van der Waals surface area contributed by atoms with Gasteiger partial charge < -0.3 is 15.2 Å². The Kier molecular flexibility index (Phi) is 9.31. The highest BCUT2D eigenvalue weighted by Gasteiger charge is 2.16. The van der Waals surface area contributed by atoms with Crippen molar-refractivity contribution in [2.45, 2.75) is 26.3 Å². The van der Waals surface area contributed by atoms with Crippen LogP contribution in [0.2, 0.25) is 0 Å². The molecule has 0 fully saturated rings. The van der Waals surface area contributed by atoms with Crippen molar-refractivity contribution in [3.8, 4) is 0 Å². The van der Waals surface area contributed by atoms with Gasteiger partial charge in [0.2, 0.25) is 5.91 Å². The van der Waals surface area contributed by atoms with Crippen molar-refractivity contribution >= 4 is 17.9 Å². The number of nitrogens with zero attached hydrogens (tertiary/aromatic N) is 1. The van der Waals surface area contributed by atoms with E-state index in [0.717, 1.165) is 0 Å². The Morgan fingerprint density at radius 1 is 1.30 bits per heavy atom. The predicted octanol–water partition coefficient (Wildman–Crippen LogP) is -0.356. The Morgan fingerprint density at radius 3 is 2.45 bits per heavy atom. The van der Waals surface area contributed by atoms with Crippen LogP contribution in [-0.2, 0) is 14.3 Å². The van der Waals surface area contributed by atoms with E-state index in [1.165, 1.54) is 7.11 Å². The molecule has 0 aliphatic heterocycles. The third-order valence-electron chi connectivity index (χ3n) is 2.53. The Labute approximate surface area is 118 Å². The van der Waals surface area contributed by atoms with Crippen molar-refractivity contribution in [2.75, 3.05) is 33.4 Å². The molecule has 0 rings (SSSR count). The molecule has 0 atom stereocenters. The molecule has 0 aromatic carbocycles. The van der Waals surface area contributed by atoms with Gasteiger partial charge in [0.25, 0.3) is 0 Å². The molecule has 0 aliphatic rings. The normalized spacial score (nSPS) is 10.7. The second-order valence-corrected chi connectivity index (χ2v) is 4.50. The number of carbonyl (C=O) groups is 3. The third kappa shape index (κ3) is 9.29. The Morgan fingerprint density at radius 2 is 1.95 bits per heavy atom. The summed E-state index contributed by atoms with van der Waals surface area (Å²) >= 11 is 0. The molecule has 116 valence electrons. The predicted molar refractivity (Wildman–Crippen MR) is 72.4 cm³/mol. The van der Waals surface area contributed by atoms with Crippen LogP contribution in [0.5, 0.6) is 0 Å². The number of hydrogen-bond donors (Lipinski definition) is 3. The lowest BCUT2D eigenvalue weighted by atomic mass is 10.3. The fourth-order valence-electron chi connectivity index (χ4n) is 1.42. The number of carbonyl (C=O) groups excluding carboxylic acids is 2. The Hall–Kier alpha value is -1.67. The van der Waals surface area contributed by atoms with Crippen molar-refractivity contribution < 1.29 is 24.2 Å². The van der Waals surface area contributed by atoms with Gasteiger partial charge in [0.1, 0.15) is 0 Å². The molecule has 3 N–H and O–H groups in total. The molecule has 20 heavy (non-hydrogen) atoms. The molecule has 0 radical (unpaired) electrons. The van der Waals surface area contributed by atoms with Crippen LogP contribution < -0.4 is 10.6 Å². The summed E-state index contributed by atoms with van der Waals surface area (Å²) in [6.07, 6.45) is -0.0501. The Balaban J connectivity index is 4.12. The summed E-state index contributed by atoms with van der Waals surface area (Å²) in [4.78, 5) is 35.2. The molecule has 0 heterocycles. The zero-order chi connectivity index (χ0) is 15.5. The first-order valence-electron chi connectivity index (χ1n) is 6.39. The van der Waals surface area contributed by atoms with Gasteiger partial charge in [-0.2, -0.15) is 0 Å². The van der Waals surface area contributed by atoms with Crippen LogP contribution in [0.1, 0.15) is 20.3 Å². The van der Waals surface area contributed by atoms with Crippen LogP contribution in [-0.4, -0.2) is 67.3 Å². The summed E-state index contributed by atoms with van der Waals surface area (Å²) in [5.74, 6) is -1.40. The topological polar surface area (TPSA) is 108 Å². The molecule has 8 heteroatoms. The van der Waals surface area contributed by atoms with Crippen LogP contribution in [0.4, 0.5) is 4.79 Å². The molecule has 0 saturated carbocycles. The second-order valence-electron chi connectivity index (χ2n) is 4.50. The number of rotatable bonds is 9. The van der Waals surface area contributed by atoms with Gasteiger partial charge in [-0.3, -0.25) is 19.8 Å². The number of aliphatic carboxylic acids is 1. The number of carboxylic acid groups (broad SMARTS) is 1. The van der Waals surface area contributed by atoms with Crippen molar-refractivity contribution in [1.82, 2.24) is 15.5 Å². The molecule has 0 aliphatic carbocycles. The maximum Gasteiger partial charge on any atom is 0.321 e. The summed E-state index contributed by atoms with van der Waals surface area (Å²) in [5, 5.41) is 13.3. The number of methoxy groups -OCH3 is 1. The van der Waals surface area contributed by atoms with E-state index in [-0.39, 0.29) is 25.6 Å². The summed E-state index contributed by atoms with van der Waals surface area (Å²) in [7, 11) is 1.51. The maximum absolute atomic E-state index is 11.7. The van der Waals surface area contributed by atoms with Crippen molar-refractivity contribution in [3.63, 3.8) is 0 Å². The van der Waals surface area contributed by atoms with E-state index in [1.807, 2.05) is 13.8 Å². The number of urea groups is 1. The largest absolute Gasteiger partial charge is 0.481 e. The lowest BCUT2D eigenvalue weighted by Crippen LogP contribution is -2.47. The standard InChI is InChI=1S/C12H23N3O5/c1-9(2)15(6-4-11(17)18)8-10(16)14-12(19)13-5-7-20-3/h9H,4-8H2,1-3H3,(H,17,18)(H2,13,14,16,19). The molecular formula is C12H23N3O5. The number of carboxylic acids is 1. The van der Waals surface area contributed by atoms with E-state index in [2.05, 4.69) is 10.6 Å². The average molecular weight is 289 g/mol. The van der Waals surface area contributed by atoms with E-state index < -0.39 is 17.9 Å². The summed E-state index contributed by atoms with van der Waals surface area (Å²) in [5.41, 5.74) is 0. The third-order valence-corrected chi connectivity index (χ3v) is 2.53. The van der Waals surface area contributed by atoms with Crippen LogP contribution in [0.25, 0.3) is 0 Å². The zero-order valence-corrected chi connectivity index (χ0v) is 12.1. The minimum Gasteiger partial charge on any atom is -0.481 e. The number of amides is 3. The van der Waals surface area contributed by atoms with Crippen LogP contribution in [0.15, 0.2) is 0 Å². The zero-order valence-electron chi connectivity index (χ0n) is 12.1. The molecular weight excluding hydrogens is 266 g/mol. The fourth-order valence-corrected chi connectivity index (χ4v) is 1.42. The van der Waals surface area contributed by atoms with Crippen LogP contribution in [0, 0.1) is 0 Å². The fraction of sp³-hybridized carbons (Fsp3) is 0.750. The molecule has 8 nitrogen and oxygen atoms in total. The van der Waals surface area contributed by atoms with Gasteiger partial charge in [-0.25, -0.2) is 4.79 Å². The molecule has 0 spiro atoms. The molecule has 3 amide bonds. The van der Waals surface area contributed by atoms with E-state index in [1.54, 1.807) is 4.90 Å². The van der Waals surface area contributed by atoms with Gasteiger partial charge in [-0.05, 0) is 13.8 Å². The molecule has 0 aromatic heterocycles. The van der Waals surface area contributed by atoms with Gasteiger partial charge >= 0.3 is 12.0 Å². The van der Waals surface area contributed by atoms with Gasteiger partial charge in [0, 0.05) is 26.2 Å². The first-order chi connectivity index (χ1) is 9.36. The van der Waals surface area contributed by atoms with Crippen molar-refractivity contribution in [3.05, 3.63) is 0 Å². The second kappa shape index (κ2) is 10.2. The number of nitrogens with one attached hydrogen (secondary N) is 2. The highest BCUT2D eigenvalue weighted by atomic mass is 16.5. The van der Waals surface area contributed by atoms with Gasteiger partial charge in [0.05, 0.1) is 19.6 Å². The summed E-state index contributed by atoms with van der Waals surface area (Å²) < 4.78 is 4.76. The summed E-state index contributed by atoms with van der Waals surface area (Å²) in [6.45, 7) is 4.61. The molecule has 0 bridgehead atoms. The molecule has 0 unspecified atom stereocenters. The van der Waals surface area contributed by atoms with Crippen LogP contribution >= 0.6 is 0 Å². The van der Waals surface area contributed by atoms with E-state index in [9.17, 15) is 14.4 Å². The number of imide groups is 1. The smallest absolute Gasteiger partial charge is 0.321 e. The minimum atomic E-state index is -0.923. The average Bonchev–Trinajstić information content (AvgIpc) is 2.34. The minimum absolute atomic E-state index is 0.0108. The molecule has 0 aromatic rings. The first-order valence-corrected chi connectivity index (χ1v) is 6.39. The lowest BCUT2D eigenvalue weighted by molar-refractivity contribution is -0.138. The SMILES string of the molecule is COCCNC(=O)NC(=O)CN(CCC(=O)O)C(C)C. The summed E-state index contributed by atoms with van der Waals surface area (Å²) in [6, 6.07) is -0.578. The van der Waals surface area contributed by atoms with Gasteiger partial charge in [0.15, 0.2) is 0 Å². The lowest BCUT2D eigenvalue weighted by Gasteiger charge is -2.24. The highest BCUT2D eigenvalue weighted by Crippen LogP contribution is 1.99. The van der Waals surface area contributed by atoms with Crippen molar-refractivity contribution in [2.24, 2.45) is 0 Å². The van der Waals surface area contributed by atoms with Gasteiger partial charge in [-0.15, -0.1) is 0 Å². The van der Waals surface area contributed by atoms with Gasteiger partial charge in [-0.1, -0.05) is 0 Å². The monoisotopic (exact) mass is 289 g/mol. The van der Waals surface area contributed by atoms with E-state index in [0.29, 0.717) is 13.2 Å². The maximum atomic E-state index is 11.7. The quantitative estimate of drug-likeness (QED) is 0.500. The number of hydrogen-bond acceptors (Lipinski definition) is 5. The Bertz CT molecular complexity index is 333. The van der Waals surface area contributed by atoms with Crippen LogP contribution in [0.3, 0.4) is 0 Å². The van der Waals surface area contributed by atoms with E-state index >= 15 is 0 Å².